The van der Waals surface area contributed by atoms with Gasteiger partial charge in [0.1, 0.15) is 32.9 Å². The number of nitrogens with one attached hydrogen (secondary N) is 1. The number of hydrogen-bond donors (Lipinski definition) is 2. The third-order valence-electron chi connectivity index (χ3n) is 4.86. The molecule has 200 valence electrons. The van der Waals surface area contributed by atoms with Crippen LogP contribution in [-0.2, 0) is 11.8 Å². The van der Waals surface area contributed by atoms with E-state index in [0.717, 1.165) is 19.9 Å². The minimum atomic E-state index is -4.98. The van der Waals surface area contributed by atoms with Gasteiger partial charge in [-0.15, -0.1) is 11.3 Å². The van der Waals surface area contributed by atoms with E-state index in [1.807, 2.05) is 0 Å². The Morgan fingerprint density at radius 3 is 2.24 bits per heavy atom. The van der Waals surface area contributed by atoms with Gasteiger partial charge in [-0.1, -0.05) is 12.1 Å². The maximum absolute atomic E-state index is 15.1. The number of alkyl halides is 6. The number of rotatable bonds is 6. The van der Waals surface area contributed by atoms with E-state index in [1.165, 1.54) is 19.1 Å². The van der Waals surface area contributed by atoms with E-state index in [1.54, 1.807) is 0 Å². The highest BCUT2D eigenvalue weighted by Crippen LogP contribution is 2.44. The predicted octanol–water partition coefficient (Wildman–Crippen LogP) is 6.84. The zero-order valence-corrected chi connectivity index (χ0v) is 20.1. The number of carbonyl (C=O) groups is 1. The molecule has 1 amide bonds. The molecule has 0 spiro atoms. The van der Waals surface area contributed by atoms with Gasteiger partial charge in [-0.25, -0.2) is 13.8 Å². The number of halogens is 8. The fourth-order valence-electron chi connectivity index (χ4n) is 3.19. The number of carbonyl (C=O) groups excluding carboxylic acids is 1. The van der Waals surface area contributed by atoms with Crippen LogP contribution < -0.4 is 10.1 Å². The number of thiazole rings is 1. The van der Waals surface area contributed by atoms with Crippen LogP contribution in [0, 0.1) is 18.6 Å². The second-order valence-electron chi connectivity index (χ2n) is 8.37. The summed E-state index contributed by atoms with van der Waals surface area (Å²) in [4.78, 5) is 15.1. The summed E-state index contributed by atoms with van der Waals surface area (Å²) in [5.41, 5.74) is -4.46. The van der Waals surface area contributed by atoms with E-state index in [0.29, 0.717) is 12.1 Å². The number of aromatic nitrogens is 1. The van der Waals surface area contributed by atoms with E-state index in [2.05, 4.69) is 15.0 Å². The Hall–Kier alpha value is -3.26. The largest absolute Gasteiger partial charge is 0.483 e. The molecule has 2 N–H and O–H groups in total. The molecule has 14 heteroatoms. The van der Waals surface area contributed by atoms with Crippen LogP contribution in [0.2, 0.25) is 0 Å². The van der Waals surface area contributed by atoms with Crippen molar-refractivity contribution in [2.75, 3.05) is 11.9 Å². The number of benzene rings is 2. The summed E-state index contributed by atoms with van der Waals surface area (Å²) in [5, 5.41) is 11.6. The molecule has 5 nitrogen and oxygen atoms in total. The average molecular weight is 554 g/mol. The van der Waals surface area contributed by atoms with E-state index in [-0.39, 0.29) is 22.6 Å². The molecule has 0 saturated heterocycles. The monoisotopic (exact) mass is 554 g/mol. The number of nitrogens with zero attached hydrogens (tertiary/aromatic N) is 1. The SMILES string of the molecule is Cc1cccc(F)c1NC(=O)c1cc(F)c(-c2nc(C(C)(C)O)c(C(F)(F)F)s2)cc1OCC(F)(F)F. The van der Waals surface area contributed by atoms with Gasteiger partial charge < -0.3 is 15.2 Å². The van der Waals surface area contributed by atoms with Crippen LogP contribution in [0.25, 0.3) is 10.6 Å². The van der Waals surface area contributed by atoms with Gasteiger partial charge in [0.15, 0.2) is 6.61 Å². The van der Waals surface area contributed by atoms with E-state index in [4.69, 9.17) is 0 Å². The van der Waals surface area contributed by atoms with Crippen molar-refractivity contribution < 1.29 is 49.8 Å². The van der Waals surface area contributed by atoms with Crippen LogP contribution in [0.4, 0.5) is 40.8 Å². The number of anilines is 1. The first-order valence-corrected chi connectivity index (χ1v) is 11.1. The number of aliphatic hydroxyl groups is 1. The Kier molecular flexibility index (Phi) is 7.57. The zero-order chi connectivity index (χ0) is 27.9. The standard InChI is InChI=1S/C23H18F8N2O3S/c1-10-5-4-6-13(24)16(10)32-19(34)12-7-14(25)11(8-15(12)36-9-22(26,27)28)20-33-17(21(2,3)35)18(37-20)23(29,30)31/h4-8,35H,9H2,1-3H3,(H,32,34). The van der Waals surface area contributed by atoms with Crippen molar-refractivity contribution in [3.05, 3.63) is 63.7 Å². The van der Waals surface area contributed by atoms with Crippen LogP contribution in [-0.4, -0.2) is 28.8 Å². The molecule has 0 bridgehead atoms. The molecule has 0 aliphatic rings. The third kappa shape index (κ3) is 6.55. The molecule has 0 atom stereocenters. The summed E-state index contributed by atoms with van der Waals surface area (Å²) in [7, 11) is 0. The van der Waals surface area contributed by atoms with Gasteiger partial charge in [0.05, 0.1) is 16.9 Å². The highest BCUT2D eigenvalue weighted by atomic mass is 32.1. The third-order valence-corrected chi connectivity index (χ3v) is 5.99. The first-order chi connectivity index (χ1) is 16.9. The molecule has 0 unspecified atom stereocenters. The highest BCUT2D eigenvalue weighted by Gasteiger charge is 2.41. The lowest BCUT2D eigenvalue weighted by atomic mass is 10.0. The Bertz CT molecular complexity index is 1280. The Balaban J connectivity index is 2.14. The number of ether oxygens (including phenoxy) is 1. The molecule has 0 aliphatic carbocycles. The number of amides is 1. The quantitative estimate of drug-likeness (QED) is 0.328. The fraction of sp³-hybridized carbons (Fsp3) is 0.304. The number of hydrogen-bond acceptors (Lipinski definition) is 5. The lowest BCUT2D eigenvalue weighted by Gasteiger charge is -2.17. The molecule has 3 rings (SSSR count). The Morgan fingerprint density at radius 1 is 1.08 bits per heavy atom. The maximum atomic E-state index is 15.1. The minimum absolute atomic E-state index is 0.0503. The first-order valence-electron chi connectivity index (χ1n) is 10.3. The predicted molar refractivity (Wildman–Crippen MR) is 118 cm³/mol. The highest BCUT2D eigenvalue weighted by molar-refractivity contribution is 7.15. The van der Waals surface area contributed by atoms with Crippen molar-refractivity contribution in [2.45, 2.75) is 38.7 Å². The van der Waals surface area contributed by atoms with Crippen molar-refractivity contribution in [1.29, 1.82) is 0 Å². The van der Waals surface area contributed by atoms with Crippen molar-refractivity contribution in [3.8, 4) is 16.3 Å². The van der Waals surface area contributed by atoms with E-state index in [9.17, 15) is 40.6 Å². The smallest absolute Gasteiger partial charge is 0.427 e. The Morgan fingerprint density at radius 2 is 1.73 bits per heavy atom. The lowest BCUT2D eigenvalue weighted by molar-refractivity contribution is -0.153. The van der Waals surface area contributed by atoms with E-state index < -0.39 is 74.6 Å². The molecule has 1 aromatic heterocycles. The van der Waals surface area contributed by atoms with Crippen molar-refractivity contribution in [3.63, 3.8) is 0 Å². The average Bonchev–Trinajstić information content (AvgIpc) is 3.21. The molecule has 2 aromatic carbocycles. The zero-order valence-electron chi connectivity index (χ0n) is 19.2. The van der Waals surface area contributed by atoms with Gasteiger partial charge >= 0.3 is 12.4 Å². The lowest BCUT2D eigenvalue weighted by Crippen LogP contribution is -2.22. The maximum Gasteiger partial charge on any atom is 0.427 e. The summed E-state index contributed by atoms with van der Waals surface area (Å²) in [6.07, 6.45) is -9.86. The van der Waals surface area contributed by atoms with Crippen molar-refractivity contribution in [2.24, 2.45) is 0 Å². The van der Waals surface area contributed by atoms with Crippen LogP contribution in [0.15, 0.2) is 30.3 Å². The molecule has 37 heavy (non-hydrogen) atoms. The number of para-hydroxylation sites is 1. The number of aryl methyl sites for hydroxylation is 1. The molecular weight excluding hydrogens is 536 g/mol. The fourth-order valence-corrected chi connectivity index (χ4v) is 4.29. The summed E-state index contributed by atoms with van der Waals surface area (Å²) in [6, 6.07) is 4.83. The van der Waals surface area contributed by atoms with Gasteiger partial charge in [-0.05, 0) is 44.5 Å². The second-order valence-corrected chi connectivity index (χ2v) is 9.37. The molecule has 1 heterocycles. The van der Waals surface area contributed by atoms with Gasteiger partial charge in [0.2, 0.25) is 0 Å². The summed E-state index contributed by atoms with van der Waals surface area (Å²) in [5.74, 6) is -4.26. The van der Waals surface area contributed by atoms with Gasteiger partial charge in [0.25, 0.3) is 5.91 Å². The minimum Gasteiger partial charge on any atom is -0.483 e. The van der Waals surface area contributed by atoms with Gasteiger partial charge in [-0.2, -0.15) is 26.3 Å². The topological polar surface area (TPSA) is 71.5 Å². The first kappa shape index (κ1) is 28.3. The van der Waals surface area contributed by atoms with Crippen LogP contribution >= 0.6 is 11.3 Å². The molecule has 0 saturated carbocycles. The van der Waals surface area contributed by atoms with Gasteiger partial charge in [0, 0.05) is 5.56 Å². The van der Waals surface area contributed by atoms with Crippen LogP contribution in [0.1, 0.15) is 40.3 Å². The summed E-state index contributed by atoms with van der Waals surface area (Å²) < 4.78 is 113. The molecular formula is C23H18F8N2O3S. The van der Waals surface area contributed by atoms with Crippen LogP contribution in [0.3, 0.4) is 0 Å². The Labute approximate surface area is 208 Å². The van der Waals surface area contributed by atoms with Crippen LogP contribution in [0.5, 0.6) is 5.75 Å². The van der Waals surface area contributed by atoms with Gasteiger partial charge in [-0.3, -0.25) is 4.79 Å². The van der Waals surface area contributed by atoms with Crippen molar-refractivity contribution in [1.82, 2.24) is 4.98 Å². The molecule has 0 radical (unpaired) electrons. The second kappa shape index (κ2) is 9.89. The molecule has 0 fully saturated rings. The summed E-state index contributed by atoms with van der Waals surface area (Å²) >= 11 is -0.0503. The normalized spacial score (nSPS) is 12.5. The van der Waals surface area contributed by atoms with E-state index >= 15 is 4.39 Å². The molecule has 0 aliphatic heterocycles. The molecule has 3 aromatic rings. The van der Waals surface area contributed by atoms with Crippen molar-refractivity contribution >= 4 is 22.9 Å². The summed E-state index contributed by atoms with van der Waals surface area (Å²) in [6.45, 7) is 1.56.